The third-order valence-corrected chi connectivity index (χ3v) is 2.36. The molecule has 3 nitrogen and oxygen atoms in total. The van der Waals surface area contributed by atoms with Crippen LogP contribution >= 0.6 is 0 Å². The molecule has 0 amide bonds. The van der Waals surface area contributed by atoms with Crippen molar-refractivity contribution in [2.24, 2.45) is 0 Å². The molecule has 2 aromatic rings. The van der Waals surface area contributed by atoms with Crippen LogP contribution in [-0.4, -0.2) is 17.7 Å². The smallest absolute Gasteiger partial charge is 0.338 e. The van der Waals surface area contributed by atoms with Crippen molar-refractivity contribution in [1.29, 1.82) is 0 Å². The number of hydrogen-bond donors (Lipinski definition) is 1. The summed E-state index contributed by atoms with van der Waals surface area (Å²) in [5, 5.41) is 11.0. The number of phenols is 1. The Balaban J connectivity index is 2.60. The van der Waals surface area contributed by atoms with E-state index in [2.05, 4.69) is 0 Å². The zero-order valence-electron chi connectivity index (χ0n) is 8.93. The molecule has 0 fully saturated rings. The van der Waals surface area contributed by atoms with Gasteiger partial charge in [-0.15, -0.1) is 0 Å². The topological polar surface area (TPSA) is 46.5 Å². The van der Waals surface area contributed by atoms with Crippen LogP contribution in [0.2, 0.25) is 0 Å². The summed E-state index contributed by atoms with van der Waals surface area (Å²) < 4.78 is 4.96. The molecule has 2 rings (SSSR count). The fourth-order valence-electron chi connectivity index (χ4n) is 1.65. The fourth-order valence-corrected chi connectivity index (χ4v) is 1.65. The van der Waals surface area contributed by atoms with Crippen LogP contribution in [-0.2, 0) is 4.74 Å². The first-order chi connectivity index (χ1) is 7.72. The molecule has 82 valence electrons. The second-order valence-corrected chi connectivity index (χ2v) is 3.43. The minimum absolute atomic E-state index is 0.143. The number of carbonyl (C=O) groups is 1. The third-order valence-electron chi connectivity index (χ3n) is 2.36. The van der Waals surface area contributed by atoms with Crippen molar-refractivity contribution < 1.29 is 14.6 Å². The number of aromatic hydroxyl groups is 1. The molecular weight excluding hydrogens is 204 g/mol. The molecule has 0 aliphatic rings. The van der Waals surface area contributed by atoms with Crippen molar-refractivity contribution in [2.75, 3.05) is 6.61 Å². The lowest BCUT2D eigenvalue weighted by molar-refractivity contribution is 0.0528. The van der Waals surface area contributed by atoms with Gasteiger partial charge in [0.2, 0.25) is 0 Å². The second kappa shape index (κ2) is 4.23. The van der Waals surface area contributed by atoms with Gasteiger partial charge in [0.25, 0.3) is 0 Å². The minimum Gasteiger partial charge on any atom is -0.508 e. The highest BCUT2D eigenvalue weighted by Crippen LogP contribution is 2.23. The molecule has 2 aromatic carbocycles. The van der Waals surface area contributed by atoms with E-state index in [1.807, 2.05) is 6.07 Å². The van der Waals surface area contributed by atoms with E-state index < -0.39 is 0 Å². The van der Waals surface area contributed by atoms with Gasteiger partial charge in [0.05, 0.1) is 12.2 Å². The molecule has 0 radical (unpaired) electrons. The highest BCUT2D eigenvalue weighted by Gasteiger charge is 2.10. The Morgan fingerprint density at radius 3 is 2.88 bits per heavy atom. The average molecular weight is 216 g/mol. The quantitative estimate of drug-likeness (QED) is 0.785. The van der Waals surface area contributed by atoms with Crippen LogP contribution in [0.15, 0.2) is 36.4 Å². The Morgan fingerprint density at radius 2 is 2.12 bits per heavy atom. The summed E-state index contributed by atoms with van der Waals surface area (Å²) in [6.07, 6.45) is 0. The van der Waals surface area contributed by atoms with E-state index in [-0.39, 0.29) is 11.7 Å². The fraction of sp³-hybridized carbons (Fsp3) is 0.154. The number of esters is 1. The van der Waals surface area contributed by atoms with Crippen molar-refractivity contribution in [1.82, 2.24) is 0 Å². The van der Waals surface area contributed by atoms with Gasteiger partial charge in [-0.3, -0.25) is 0 Å². The molecule has 16 heavy (non-hydrogen) atoms. The summed E-state index contributed by atoms with van der Waals surface area (Å²) in [4.78, 5) is 11.7. The van der Waals surface area contributed by atoms with E-state index in [1.165, 1.54) is 0 Å². The number of fused-ring (bicyclic) bond motifs is 1. The molecule has 0 bridgehead atoms. The maximum atomic E-state index is 11.7. The van der Waals surface area contributed by atoms with Gasteiger partial charge in [-0.25, -0.2) is 4.79 Å². The van der Waals surface area contributed by atoms with Gasteiger partial charge in [0.15, 0.2) is 0 Å². The first-order valence-corrected chi connectivity index (χ1v) is 5.11. The molecule has 0 aliphatic heterocycles. The standard InChI is InChI=1S/C13H12O3/c1-2-16-13(15)11-5-3-4-9-6-7-10(14)8-12(9)11/h3-8,14H,2H2,1H3. The van der Waals surface area contributed by atoms with Crippen molar-refractivity contribution >= 4 is 16.7 Å². The largest absolute Gasteiger partial charge is 0.508 e. The van der Waals surface area contributed by atoms with Gasteiger partial charge < -0.3 is 9.84 Å². The normalized spacial score (nSPS) is 10.3. The van der Waals surface area contributed by atoms with Crippen molar-refractivity contribution in [3.63, 3.8) is 0 Å². The van der Waals surface area contributed by atoms with Crippen molar-refractivity contribution in [2.45, 2.75) is 6.92 Å². The summed E-state index contributed by atoms with van der Waals surface area (Å²) in [6, 6.07) is 10.3. The van der Waals surface area contributed by atoms with Crippen molar-refractivity contribution in [3.05, 3.63) is 42.0 Å². The van der Waals surface area contributed by atoms with E-state index in [4.69, 9.17) is 4.74 Å². The molecule has 0 heterocycles. The molecule has 0 aliphatic carbocycles. The molecule has 0 saturated carbocycles. The van der Waals surface area contributed by atoms with Gasteiger partial charge in [-0.2, -0.15) is 0 Å². The van der Waals surface area contributed by atoms with Gasteiger partial charge >= 0.3 is 5.97 Å². The molecule has 3 heteroatoms. The van der Waals surface area contributed by atoms with Crippen molar-refractivity contribution in [3.8, 4) is 5.75 Å². The van der Waals surface area contributed by atoms with E-state index in [0.717, 1.165) is 5.39 Å². The Labute approximate surface area is 93.3 Å². The molecule has 1 N–H and O–H groups in total. The average Bonchev–Trinajstić information content (AvgIpc) is 2.28. The van der Waals surface area contributed by atoms with E-state index in [0.29, 0.717) is 17.6 Å². The monoisotopic (exact) mass is 216 g/mol. The lowest BCUT2D eigenvalue weighted by Gasteiger charge is -2.06. The highest BCUT2D eigenvalue weighted by molar-refractivity contribution is 6.04. The number of rotatable bonds is 2. The van der Waals surface area contributed by atoms with Crippen LogP contribution in [0.25, 0.3) is 10.8 Å². The SMILES string of the molecule is CCOC(=O)c1cccc2ccc(O)cc12. The summed E-state index contributed by atoms with van der Waals surface area (Å²) in [6.45, 7) is 2.11. The zero-order valence-corrected chi connectivity index (χ0v) is 8.93. The van der Waals surface area contributed by atoms with Crippen LogP contribution < -0.4 is 0 Å². The van der Waals surface area contributed by atoms with Gasteiger partial charge in [0.1, 0.15) is 5.75 Å². The number of hydrogen-bond acceptors (Lipinski definition) is 3. The number of carbonyl (C=O) groups excluding carboxylic acids is 1. The summed E-state index contributed by atoms with van der Waals surface area (Å²) >= 11 is 0. The maximum Gasteiger partial charge on any atom is 0.338 e. The highest BCUT2D eigenvalue weighted by atomic mass is 16.5. The Morgan fingerprint density at radius 1 is 1.31 bits per heavy atom. The van der Waals surface area contributed by atoms with Gasteiger partial charge in [-0.1, -0.05) is 18.2 Å². The second-order valence-electron chi connectivity index (χ2n) is 3.43. The van der Waals surface area contributed by atoms with Gasteiger partial charge in [-0.05, 0) is 35.9 Å². The Kier molecular flexibility index (Phi) is 2.77. The first-order valence-electron chi connectivity index (χ1n) is 5.11. The Hall–Kier alpha value is -2.03. The minimum atomic E-state index is -0.362. The third kappa shape index (κ3) is 1.84. The van der Waals surface area contributed by atoms with Crippen LogP contribution in [0.4, 0.5) is 0 Å². The Bertz CT molecular complexity index is 532. The van der Waals surface area contributed by atoms with Crippen LogP contribution in [0.1, 0.15) is 17.3 Å². The lowest BCUT2D eigenvalue weighted by Crippen LogP contribution is -2.04. The maximum absolute atomic E-state index is 11.7. The summed E-state index contributed by atoms with van der Waals surface area (Å²) in [5.41, 5.74) is 0.482. The van der Waals surface area contributed by atoms with Crippen LogP contribution in [0.5, 0.6) is 5.75 Å². The summed E-state index contributed by atoms with van der Waals surface area (Å²) in [5.74, 6) is -0.219. The zero-order chi connectivity index (χ0) is 11.5. The molecule has 0 saturated heterocycles. The van der Waals surface area contributed by atoms with Crippen LogP contribution in [0.3, 0.4) is 0 Å². The van der Waals surface area contributed by atoms with Crippen LogP contribution in [0, 0.1) is 0 Å². The van der Waals surface area contributed by atoms with E-state index in [1.54, 1.807) is 37.3 Å². The molecule has 0 spiro atoms. The van der Waals surface area contributed by atoms with E-state index >= 15 is 0 Å². The predicted molar refractivity (Wildman–Crippen MR) is 61.6 cm³/mol. The lowest BCUT2D eigenvalue weighted by atomic mass is 10.0. The number of benzene rings is 2. The van der Waals surface area contributed by atoms with Gasteiger partial charge in [0, 0.05) is 0 Å². The van der Waals surface area contributed by atoms with E-state index in [9.17, 15) is 9.90 Å². The summed E-state index contributed by atoms with van der Waals surface area (Å²) in [7, 11) is 0. The first kappa shape index (κ1) is 10.5. The molecule has 0 aromatic heterocycles. The predicted octanol–water partition coefficient (Wildman–Crippen LogP) is 2.72. The number of ether oxygens (including phenoxy) is 1. The number of phenolic OH excluding ortho intramolecular Hbond substituents is 1. The molecule has 0 unspecified atom stereocenters. The molecular formula is C13H12O3. The molecule has 0 atom stereocenters.